The number of hydrogen-bond acceptors (Lipinski definition) is 6. The predicted molar refractivity (Wildman–Crippen MR) is 70.3 cm³/mol. The van der Waals surface area contributed by atoms with Crippen molar-refractivity contribution in [1.29, 1.82) is 0 Å². The zero-order valence-electron chi connectivity index (χ0n) is 8.96. The fourth-order valence-corrected chi connectivity index (χ4v) is 6.79. The molecule has 1 aromatic rings. The standard InChI is InChI=1S/C7H5Cl3O6S3/c1-4-2-3-5(17(8,11)12)7(19(10,15)16)6(4)18(9,13)14/h2-3H,1H3. The molecule has 0 amide bonds. The number of hydrogen-bond donors (Lipinski definition) is 0. The van der Waals surface area contributed by atoms with Gasteiger partial charge in [0.15, 0.2) is 0 Å². The molecule has 0 atom stereocenters. The fourth-order valence-electron chi connectivity index (χ4n) is 1.37. The smallest absolute Gasteiger partial charge is 0.207 e. The highest BCUT2D eigenvalue weighted by Crippen LogP contribution is 2.36. The second-order valence-electron chi connectivity index (χ2n) is 3.35. The molecule has 0 fully saturated rings. The summed E-state index contributed by atoms with van der Waals surface area (Å²) in [5, 5.41) is 0. The SMILES string of the molecule is Cc1ccc(S(=O)(=O)Cl)c(S(=O)(=O)Cl)c1S(=O)(=O)Cl. The molecule has 0 aliphatic rings. The molecule has 0 saturated heterocycles. The Balaban J connectivity index is 4.18. The van der Waals surface area contributed by atoms with Crippen LogP contribution in [-0.2, 0) is 27.2 Å². The Labute approximate surface area is 123 Å². The van der Waals surface area contributed by atoms with Crippen LogP contribution in [0.3, 0.4) is 0 Å². The molecule has 108 valence electrons. The third-order valence-corrected chi connectivity index (χ3v) is 6.50. The second kappa shape index (κ2) is 5.05. The second-order valence-corrected chi connectivity index (χ2v) is 10.9. The van der Waals surface area contributed by atoms with Crippen molar-refractivity contribution in [2.24, 2.45) is 0 Å². The highest BCUT2D eigenvalue weighted by Gasteiger charge is 2.33. The normalized spacial score (nSPS) is 13.5. The van der Waals surface area contributed by atoms with Crippen LogP contribution >= 0.6 is 32.0 Å². The van der Waals surface area contributed by atoms with Crippen LogP contribution in [0.5, 0.6) is 0 Å². The maximum atomic E-state index is 11.4. The molecule has 0 aromatic heterocycles. The Morgan fingerprint density at radius 2 is 1.16 bits per heavy atom. The van der Waals surface area contributed by atoms with Crippen molar-refractivity contribution in [2.45, 2.75) is 21.6 Å². The van der Waals surface area contributed by atoms with Crippen LogP contribution < -0.4 is 0 Å². The highest BCUT2D eigenvalue weighted by atomic mass is 35.7. The Morgan fingerprint density at radius 3 is 1.47 bits per heavy atom. The zero-order valence-corrected chi connectivity index (χ0v) is 13.7. The largest absolute Gasteiger partial charge is 0.264 e. The van der Waals surface area contributed by atoms with E-state index in [0.29, 0.717) is 0 Å². The van der Waals surface area contributed by atoms with E-state index in [1.165, 1.54) is 6.92 Å². The molecule has 1 aromatic carbocycles. The number of halogens is 3. The van der Waals surface area contributed by atoms with Gasteiger partial charge in [-0.25, -0.2) is 25.3 Å². The summed E-state index contributed by atoms with van der Waals surface area (Å²) < 4.78 is 68.3. The first-order valence-electron chi connectivity index (χ1n) is 4.24. The highest BCUT2D eigenvalue weighted by molar-refractivity contribution is 8.17. The first-order valence-corrected chi connectivity index (χ1v) is 11.2. The first kappa shape index (κ1) is 17.0. The maximum absolute atomic E-state index is 11.4. The summed E-state index contributed by atoms with van der Waals surface area (Å²) in [7, 11) is 1.46. The lowest BCUT2D eigenvalue weighted by molar-refractivity contribution is 0.588. The summed E-state index contributed by atoms with van der Waals surface area (Å²) in [5.41, 5.74) is -0.0849. The van der Waals surface area contributed by atoms with E-state index in [1.807, 2.05) is 0 Å². The van der Waals surface area contributed by atoms with Gasteiger partial charge < -0.3 is 0 Å². The van der Waals surface area contributed by atoms with Gasteiger partial charge in [0.1, 0.15) is 14.7 Å². The lowest BCUT2D eigenvalue weighted by Crippen LogP contribution is -2.09. The summed E-state index contributed by atoms with van der Waals surface area (Å²) in [5.74, 6) is 0. The van der Waals surface area contributed by atoms with Crippen molar-refractivity contribution < 1.29 is 25.3 Å². The Morgan fingerprint density at radius 1 is 0.737 bits per heavy atom. The summed E-state index contributed by atoms with van der Waals surface area (Å²) >= 11 is 0. The molecule has 6 nitrogen and oxygen atoms in total. The van der Waals surface area contributed by atoms with Crippen LogP contribution in [-0.4, -0.2) is 25.3 Å². The summed E-state index contributed by atoms with van der Waals surface area (Å²) in [6, 6.07) is 1.88. The molecule has 0 radical (unpaired) electrons. The average Bonchev–Trinajstić information content (AvgIpc) is 2.11. The van der Waals surface area contributed by atoms with Crippen LogP contribution in [0, 0.1) is 6.92 Å². The van der Waals surface area contributed by atoms with Gasteiger partial charge in [0.05, 0.1) is 0 Å². The zero-order chi connectivity index (χ0) is 15.2. The lowest BCUT2D eigenvalue weighted by atomic mass is 10.2. The van der Waals surface area contributed by atoms with Crippen molar-refractivity contribution in [1.82, 2.24) is 0 Å². The van der Waals surface area contributed by atoms with Crippen LogP contribution in [0.2, 0.25) is 0 Å². The molecule has 19 heavy (non-hydrogen) atoms. The minimum Gasteiger partial charge on any atom is -0.207 e. The van der Waals surface area contributed by atoms with Crippen molar-refractivity contribution in [2.75, 3.05) is 0 Å². The van der Waals surface area contributed by atoms with E-state index in [4.69, 9.17) is 32.0 Å². The van der Waals surface area contributed by atoms with Crippen LogP contribution in [0.15, 0.2) is 26.8 Å². The molecular weight excluding hydrogens is 383 g/mol. The molecule has 0 aliphatic heterocycles. The van der Waals surface area contributed by atoms with Crippen LogP contribution in [0.1, 0.15) is 5.56 Å². The van der Waals surface area contributed by atoms with E-state index in [0.717, 1.165) is 12.1 Å². The molecule has 0 aliphatic carbocycles. The molecule has 12 heteroatoms. The average molecular weight is 388 g/mol. The topological polar surface area (TPSA) is 102 Å². The lowest BCUT2D eigenvalue weighted by Gasteiger charge is -2.10. The van der Waals surface area contributed by atoms with Gasteiger partial charge in [-0.2, -0.15) is 0 Å². The van der Waals surface area contributed by atoms with E-state index in [1.54, 1.807) is 0 Å². The summed E-state index contributed by atoms with van der Waals surface area (Å²) in [6.07, 6.45) is 0. The molecule has 0 saturated carbocycles. The van der Waals surface area contributed by atoms with Gasteiger partial charge in [0, 0.05) is 32.0 Å². The number of benzene rings is 1. The maximum Gasteiger partial charge on any atom is 0.264 e. The van der Waals surface area contributed by atoms with E-state index < -0.39 is 41.8 Å². The van der Waals surface area contributed by atoms with Crippen molar-refractivity contribution >= 4 is 59.2 Å². The monoisotopic (exact) mass is 386 g/mol. The molecule has 0 unspecified atom stereocenters. The minimum absolute atomic E-state index is 0.0849. The van der Waals surface area contributed by atoms with Gasteiger partial charge in [-0.3, -0.25) is 0 Å². The minimum atomic E-state index is -4.71. The van der Waals surface area contributed by atoms with Crippen LogP contribution in [0.25, 0.3) is 0 Å². The number of rotatable bonds is 3. The molecule has 0 heterocycles. The predicted octanol–water partition coefficient (Wildman–Crippen LogP) is 1.78. The number of aryl methyl sites for hydroxylation is 1. The van der Waals surface area contributed by atoms with E-state index in [-0.39, 0.29) is 5.56 Å². The van der Waals surface area contributed by atoms with E-state index in [2.05, 4.69) is 0 Å². The van der Waals surface area contributed by atoms with E-state index in [9.17, 15) is 25.3 Å². The van der Waals surface area contributed by atoms with Crippen LogP contribution in [0.4, 0.5) is 0 Å². The molecular formula is C7H5Cl3O6S3. The third kappa shape index (κ3) is 3.73. The summed E-state index contributed by atoms with van der Waals surface area (Å²) in [4.78, 5) is -3.01. The molecule has 0 spiro atoms. The third-order valence-electron chi connectivity index (χ3n) is 2.02. The Hall–Kier alpha value is -0.0600. The van der Waals surface area contributed by atoms with E-state index >= 15 is 0 Å². The van der Waals surface area contributed by atoms with Gasteiger partial charge in [-0.1, -0.05) is 6.07 Å². The molecule has 0 bridgehead atoms. The fraction of sp³-hybridized carbons (Fsp3) is 0.143. The quantitative estimate of drug-likeness (QED) is 0.732. The molecule has 1 rings (SSSR count). The van der Waals surface area contributed by atoms with Gasteiger partial charge >= 0.3 is 0 Å². The Bertz CT molecular complexity index is 838. The van der Waals surface area contributed by atoms with Gasteiger partial charge in [0.25, 0.3) is 27.2 Å². The molecule has 0 N–H and O–H groups in total. The summed E-state index contributed by atoms with van der Waals surface area (Å²) in [6.45, 7) is 1.23. The van der Waals surface area contributed by atoms with Gasteiger partial charge in [-0.05, 0) is 18.6 Å². The van der Waals surface area contributed by atoms with Crippen molar-refractivity contribution in [3.63, 3.8) is 0 Å². The Kier molecular flexibility index (Phi) is 4.51. The van der Waals surface area contributed by atoms with Crippen molar-refractivity contribution in [3.8, 4) is 0 Å². The van der Waals surface area contributed by atoms with Gasteiger partial charge in [0.2, 0.25) is 0 Å². The van der Waals surface area contributed by atoms with Gasteiger partial charge in [-0.15, -0.1) is 0 Å². The van der Waals surface area contributed by atoms with Crippen molar-refractivity contribution in [3.05, 3.63) is 17.7 Å². The first-order chi connectivity index (χ1) is 8.26.